The van der Waals surface area contributed by atoms with Crippen molar-refractivity contribution in [2.75, 3.05) is 13.1 Å². The average Bonchev–Trinajstić information content (AvgIpc) is 3.47. The van der Waals surface area contributed by atoms with E-state index in [2.05, 4.69) is 17.1 Å². The fourth-order valence-corrected chi connectivity index (χ4v) is 5.41. The van der Waals surface area contributed by atoms with E-state index >= 15 is 0 Å². The minimum atomic E-state index is 0.0758. The van der Waals surface area contributed by atoms with Crippen molar-refractivity contribution in [2.45, 2.75) is 25.4 Å². The fraction of sp³-hybridized carbons (Fsp3) is 0.261. The molecule has 1 atom stereocenters. The number of rotatable bonds is 5. The molecule has 30 heavy (non-hydrogen) atoms. The SMILES string of the molecule is O=C(c1ccc(OCc2cscn2)cc1)N1CCC[C@H](c2nc3ccccc3s2)C1. The molecule has 152 valence electrons. The summed E-state index contributed by atoms with van der Waals surface area (Å²) in [5.41, 5.74) is 4.45. The second-order valence-corrected chi connectivity index (χ2v) is 9.18. The Kier molecular flexibility index (Phi) is 5.46. The maximum atomic E-state index is 13.1. The van der Waals surface area contributed by atoms with Crippen LogP contribution >= 0.6 is 22.7 Å². The van der Waals surface area contributed by atoms with Crippen molar-refractivity contribution < 1.29 is 9.53 Å². The molecule has 7 heteroatoms. The Morgan fingerprint density at radius 2 is 2.03 bits per heavy atom. The normalized spacial score (nSPS) is 16.7. The van der Waals surface area contributed by atoms with Crippen LogP contribution in [0.25, 0.3) is 10.2 Å². The molecule has 0 bridgehead atoms. The number of ether oxygens (including phenoxy) is 1. The van der Waals surface area contributed by atoms with Crippen molar-refractivity contribution in [1.29, 1.82) is 0 Å². The highest BCUT2D eigenvalue weighted by Crippen LogP contribution is 2.33. The summed E-state index contributed by atoms with van der Waals surface area (Å²) >= 11 is 3.30. The number of fused-ring (bicyclic) bond motifs is 1. The molecular weight excluding hydrogens is 414 g/mol. The molecule has 1 aliphatic rings. The first-order valence-corrected chi connectivity index (χ1v) is 11.8. The Labute approximate surface area is 183 Å². The van der Waals surface area contributed by atoms with E-state index in [1.165, 1.54) is 4.70 Å². The largest absolute Gasteiger partial charge is 0.487 e. The lowest BCUT2D eigenvalue weighted by Gasteiger charge is -2.32. The molecule has 1 amide bonds. The third-order valence-electron chi connectivity index (χ3n) is 5.34. The quantitative estimate of drug-likeness (QED) is 0.424. The van der Waals surface area contributed by atoms with E-state index < -0.39 is 0 Å². The Morgan fingerprint density at radius 3 is 2.83 bits per heavy atom. The van der Waals surface area contributed by atoms with Gasteiger partial charge in [0.1, 0.15) is 12.4 Å². The summed E-state index contributed by atoms with van der Waals surface area (Å²) in [5, 5.41) is 3.11. The number of thiazole rings is 2. The van der Waals surface area contributed by atoms with Crippen molar-refractivity contribution >= 4 is 38.8 Å². The van der Waals surface area contributed by atoms with E-state index in [1.807, 2.05) is 46.7 Å². The zero-order chi connectivity index (χ0) is 20.3. The number of piperidine rings is 1. The molecule has 1 saturated heterocycles. The van der Waals surface area contributed by atoms with E-state index in [4.69, 9.17) is 9.72 Å². The molecule has 1 aliphatic heterocycles. The molecule has 5 nitrogen and oxygen atoms in total. The first-order chi connectivity index (χ1) is 14.8. The molecule has 2 aromatic carbocycles. The van der Waals surface area contributed by atoms with Crippen LogP contribution in [0.1, 0.15) is 39.8 Å². The number of hydrogen-bond acceptors (Lipinski definition) is 6. The van der Waals surface area contributed by atoms with Gasteiger partial charge in [0.25, 0.3) is 5.91 Å². The maximum absolute atomic E-state index is 13.1. The molecular formula is C23H21N3O2S2. The third-order valence-corrected chi connectivity index (χ3v) is 7.17. The summed E-state index contributed by atoms with van der Waals surface area (Å²) in [6.45, 7) is 1.95. The van der Waals surface area contributed by atoms with Gasteiger partial charge in [-0.15, -0.1) is 22.7 Å². The predicted molar refractivity (Wildman–Crippen MR) is 120 cm³/mol. The Morgan fingerprint density at radius 1 is 1.17 bits per heavy atom. The number of carbonyl (C=O) groups is 1. The van der Waals surface area contributed by atoms with Crippen LogP contribution in [0.3, 0.4) is 0 Å². The van der Waals surface area contributed by atoms with Gasteiger partial charge in [0.2, 0.25) is 0 Å². The molecule has 5 rings (SSSR count). The van der Waals surface area contributed by atoms with Gasteiger partial charge in [0.05, 0.1) is 26.4 Å². The van der Waals surface area contributed by atoms with Crippen LogP contribution in [-0.2, 0) is 6.61 Å². The van der Waals surface area contributed by atoms with Crippen molar-refractivity contribution in [3.8, 4) is 5.75 Å². The van der Waals surface area contributed by atoms with Crippen LogP contribution in [0.2, 0.25) is 0 Å². The fourth-order valence-electron chi connectivity index (χ4n) is 3.77. The molecule has 0 N–H and O–H groups in total. The Balaban J connectivity index is 1.25. The van der Waals surface area contributed by atoms with E-state index in [0.29, 0.717) is 18.1 Å². The lowest BCUT2D eigenvalue weighted by molar-refractivity contribution is 0.0707. The number of aromatic nitrogens is 2. The zero-order valence-electron chi connectivity index (χ0n) is 16.4. The second kappa shape index (κ2) is 8.53. The van der Waals surface area contributed by atoms with Gasteiger partial charge in [0.15, 0.2) is 0 Å². The monoisotopic (exact) mass is 435 g/mol. The number of likely N-dealkylation sites (tertiary alicyclic amines) is 1. The topological polar surface area (TPSA) is 55.3 Å². The summed E-state index contributed by atoms with van der Waals surface area (Å²) < 4.78 is 6.96. The summed E-state index contributed by atoms with van der Waals surface area (Å²) in [5.74, 6) is 1.12. The van der Waals surface area contributed by atoms with Gasteiger partial charge in [-0.25, -0.2) is 9.97 Å². The molecule has 0 unspecified atom stereocenters. The summed E-state index contributed by atoms with van der Waals surface area (Å²) in [4.78, 5) is 24.1. The Hall–Kier alpha value is -2.77. The number of carbonyl (C=O) groups excluding carboxylic acids is 1. The number of para-hydroxylation sites is 1. The van der Waals surface area contributed by atoms with E-state index in [-0.39, 0.29) is 5.91 Å². The van der Waals surface area contributed by atoms with Crippen LogP contribution < -0.4 is 4.74 Å². The van der Waals surface area contributed by atoms with Crippen molar-refractivity contribution in [1.82, 2.24) is 14.9 Å². The molecule has 1 fully saturated rings. The first-order valence-electron chi connectivity index (χ1n) is 10.0. The van der Waals surface area contributed by atoms with E-state index in [1.54, 1.807) is 28.2 Å². The van der Waals surface area contributed by atoms with Gasteiger partial charge in [-0.3, -0.25) is 4.79 Å². The predicted octanol–water partition coefficient (Wildman–Crippen LogP) is 5.35. The van der Waals surface area contributed by atoms with E-state index in [9.17, 15) is 4.79 Å². The van der Waals surface area contributed by atoms with Gasteiger partial charge < -0.3 is 9.64 Å². The molecule has 3 heterocycles. The number of hydrogen-bond donors (Lipinski definition) is 0. The van der Waals surface area contributed by atoms with Crippen molar-refractivity contribution in [3.63, 3.8) is 0 Å². The van der Waals surface area contributed by atoms with Gasteiger partial charge in [-0.2, -0.15) is 0 Å². The molecule has 0 spiro atoms. The average molecular weight is 436 g/mol. The Bertz CT molecular complexity index is 1110. The van der Waals surface area contributed by atoms with E-state index in [0.717, 1.165) is 47.9 Å². The highest BCUT2D eigenvalue weighted by atomic mass is 32.1. The summed E-state index contributed by atoms with van der Waals surface area (Å²) in [6, 6.07) is 15.6. The number of benzene rings is 2. The highest BCUT2D eigenvalue weighted by Gasteiger charge is 2.27. The van der Waals surface area contributed by atoms with Crippen molar-refractivity contribution in [3.05, 3.63) is 75.7 Å². The molecule has 2 aromatic heterocycles. The lowest BCUT2D eigenvalue weighted by atomic mass is 9.98. The summed E-state index contributed by atoms with van der Waals surface area (Å²) in [6.07, 6.45) is 2.08. The van der Waals surface area contributed by atoms with Crippen LogP contribution in [-0.4, -0.2) is 33.9 Å². The number of amides is 1. The van der Waals surface area contributed by atoms with Crippen LogP contribution in [0.15, 0.2) is 59.4 Å². The molecule has 0 aliphatic carbocycles. The van der Waals surface area contributed by atoms with Crippen LogP contribution in [0, 0.1) is 0 Å². The van der Waals surface area contributed by atoms with Gasteiger partial charge in [0, 0.05) is 30.0 Å². The minimum Gasteiger partial charge on any atom is -0.487 e. The highest BCUT2D eigenvalue weighted by molar-refractivity contribution is 7.18. The zero-order valence-corrected chi connectivity index (χ0v) is 18.0. The lowest BCUT2D eigenvalue weighted by Crippen LogP contribution is -2.39. The number of nitrogens with zero attached hydrogens (tertiary/aromatic N) is 3. The van der Waals surface area contributed by atoms with Crippen LogP contribution in [0.5, 0.6) is 5.75 Å². The maximum Gasteiger partial charge on any atom is 0.253 e. The standard InChI is InChI=1S/C23H21N3O2S2/c27-23(16-7-9-19(10-8-16)28-13-18-14-29-15-24-18)26-11-3-4-17(12-26)22-25-20-5-1-2-6-21(20)30-22/h1-2,5-10,14-15,17H,3-4,11-13H2/t17-/m0/s1. The molecule has 0 radical (unpaired) electrons. The van der Waals surface area contributed by atoms with Gasteiger partial charge in [-0.1, -0.05) is 12.1 Å². The summed E-state index contributed by atoms with van der Waals surface area (Å²) in [7, 11) is 0. The van der Waals surface area contributed by atoms with Crippen molar-refractivity contribution in [2.24, 2.45) is 0 Å². The van der Waals surface area contributed by atoms with Gasteiger partial charge in [-0.05, 0) is 49.2 Å². The second-order valence-electron chi connectivity index (χ2n) is 7.40. The third kappa shape index (κ3) is 4.08. The first kappa shape index (κ1) is 19.2. The molecule has 4 aromatic rings. The van der Waals surface area contributed by atoms with Crippen LogP contribution in [0.4, 0.5) is 0 Å². The molecule has 0 saturated carbocycles. The van der Waals surface area contributed by atoms with Gasteiger partial charge >= 0.3 is 0 Å². The smallest absolute Gasteiger partial charge is 0.253 e. The minimum absolute atomic E-state index is 0.0758.